The van der Waals surface area contributed by atoms with Gasteiger partial charge in [-0.3, -0.25) is 0 Å². The lowest BCUT2D eigenvalue weighted by Crippen LogP contribution is -1.88. The van der Waals surface area contributed by atoms with Crippen LogP contribution < -0.4 is 5.73 Å². The molecular formula is C22H17N5O. The number of phenolic OH excluding ortho intramolecular Hbond substituents is 1. The van der Waals surface area contributed by atoms with Crippen LogP contribution in [-0.4, -0.2) is 5.11 Å². The predicted octanol–water partition coefficient (Wildman–Crippen LogP) is 6.96. The number of hydrogen-bond acceptors (Lipinski definition) is 6. The SMILES string of the molecule is Nc1c(N=Nc2ccccc2)ccc2ccc(N=Nc3ccccc3)c(O)c12. The van der Waals surface area contributed by atoms with E-state index in [0.29, 0.717) is 28.1 Å². The molecule has 28 heavy (non-hydrogen) atoms. The number of nitrogens with two attached hydrogens (primary N) is 1. The van der Waals surface area contributed by atoms with Crippen molar-refractivity contribution < 1.29 is 5.11 Å². The van der Waals surface area contributed by atoms with Gasteiger partial charge in [0, 0.05) is 0 Å². The number of hydrogen-bond donors (Lipinski definition) is 2. The number of benzene rings is 4. The lowest BCUT2D eigenvalue weighted by Gasteiger charge is -2.08. The van der Waals surface area contributed by atoms with Crippen molar-refractivity contribution in [2.45, 2.75) is 0 Å². The molecule has 6 heteroatoms. The maximum atomic E-state index is 10.7. The first-order valence-corrected chi connectivity index (χ1v) is 8.70. The summed E-state index contributed by atoms with van der Waals surface area (Å²) in [6.07, 6.45) is 0. The van der Waals surface area contributed by atoms with E-state index in [9.17, 15) is 5.11 Å². The van der Waals surface area contributed by atoms with Crippen LogP contribution in [0.5, 0.6) is 5.75 Å². The molecule has 0 spiro atoms. The van der Waals surface area contributed by atoms with E-state index in [-0.39, 0.29) is 5.75 Å². The molecule has 4 aromatic rings. The van der Waals surface area contributed by atoms with Gasteiger partial charge in [0.2, 0.25) is 0 Å². The summed E-state index contributed by atoms with van der Waals surface area (Å²) < 4.78 is 0. The number of phenols is 1. The molecule has 0 aliphatic carbocycles. The van der Waals surface area contributed by atoms with Crippen LogP contribution in [0.15, 0.2) is 105 Å². The predicted molar refractivity (Wildman–Crippen MR) is 111 cm³/mol. The molecule has 4 rings (SSSR count). The highest BCUT2D eigenvalue weighted by molar-refractivity contribution is 6.04. The smallest absolute Gasteiger partial charge is 0.153 e. The Morgan fingerprint density at radius 1 is 0.571 bits per heavy atom. The van der Waals surface area contributed by atoms with Crippen LogP contribution in [0.2, 0.25) is 0 Å². The van der Waals surface area contributed by atoms with Gasteiger partial charge in [-0.1, -0.05) is 48.5 Å². The van der Waals surface area contributed by atoms with Gasteiger partial charge in [0.15, 0.2) is 5.75 Å². The highest BCUT2D eigenvalue weighted by atomic mass is 16.3. The maximum absolute atomic E-state index is 10.7. The quantitative estimate of drug-likeness (QED) is 0.301. The average molecular weight is 367 g/mol. The van der Waals surface area contributed by atoms with Gasteiger partial charge >= 0.3 is 0 Å². The zero-order valence-electron chi connectivity index (χ0n) is 14.9. The molecule has 0 unspecified atom stereocenters. The first-order chi connectivity index (χ1) is 13.7. The second-order valence-corrected chi connectivity index (χ2v) is 6.10. The number of rotatable bonds is 4. The minimum Gasteiger partial charge on any atom is -0.505 e. The number of fused-ring (bicyclic) bond motifs is 1. The molecule has 0 saturated heterocycles. The van der Waals surface area contributed by atoms with Gasteiger partial charge in [-0.25, -0.2) is 0 Å². The van der Waals surface area contributed by atoms with Gasteiger partial charge in [-0.15, -0.1) is 10.2 Å². The van der Waals surface area contributed by atoms with E-state index in [2.05, 4.69) is 20.5 Å². The van der Waals surface area contributed by atoms with Crippen molar-refractivity contribution in [2.75, 3.05) is 5.73 Å². The molecule has 0 aromatic heterocycles. The van der Waals surface area contributed by atoms with Crippen LogP contribution in [0.1, 0.15) is 0 Å². The van der Waals surface area contributed by atoms with Gasteiger partial charge in [0.1, 0.15) is 11.4 Å². The third kappa shape index (κ3) is 3.57. The molecule has 0 radical (unpaired) electrons. The van der Waals surface area contributed by atoms with E-state index in [1.165, 1.54) is 0 Å². The van der Waals surface area contributed by atoms with Crippen molar-refractivity contribution in [1.82, 2.24) is 0 Å². The van der Waals surface area contributed by atoms with Crippen molar-refractivity contribution in [2.24, 2.45) is 20.5 Å². The van der Waals surface area contributed by atoms with Crippen LogP contribution in [0.25, 0.3) is 10.8 Å². The molecule has 6 nitrogen and oxygen atoms in total. The van der Waals surface area contributed by atoms with Gasteiger partial charge in [-0.2, -0.15) is 10.2 Å². The Hall–Kier alpha value is -4.06. The first-order valence-electron chi connectivity index (χ1n) is 8.70. The summed E-state index contributed by atoms with van der Waals surface area (Å²) in [6.45, 7) is 0. The molecule has 4 aromatic carbocycles. The highest BCUT2D eigenvalue weighted by Gasteiger charge is 2.12. The summed E-state index contributed by atoms with van der Waals surface area (Å²) in [5.74, 6) is -0.0357. The van der Waals surface area contributed by atoms with Crippen molar-refractivity contribution >= 4 is 39.2 Å². The molecule has 0 heterocycles. The molecule has 0 atom stereocenters. The third-order valence-electron chi connectivity index (χ3n) is 4.21. The average Bonchev–Trinajstić information content (AvgIpc) is 2.74. The van der Waals surface area contributed by atoms with Crippen molar-refractivity contribution in [1.29, 1.82) is 0 Å². The van der Waals surface area contributed by atoms with E-state index in [4.69, 9.17) is 5.73 Å². The molecular weight excluding hydrogens is 350 g/mol. The van der Waals surface area contributed by atoms with Crippen molar-refractivity contribution in [3.8, 4) is 5.75 Å². The normalized spacial score (nSPS) is 11.6. The van der Waals surface area contributed by atoms with Crippen LogP contribution in [-0.2, 0) is 0 Å². The lowest BCUT2D eigenvalue weighted by molar-refractivity contribution is 0.483. The Labute approximate surface area is 161 Å². The van der Waals surface area contributed by atoms with E-state index in [0.717, 1.165) is 11.1 Å². The number of nitrogens with zero attached hydrogens (tertiary/aromatic N) is 4. The number of anilines is 1. The van der Waals surface area contributed by atoms with Gasteiger partial charge in [0.05, 0.1) is 22.4 Å². The zero-order chi connectivity index (χ0) is 19.3. The molecule has 3 N–H and O–H groups in total. The number of nitrogen functional groups attached to an aromatic ring is 1. The largest absolute Gasteiger partial charge is 0.505 e. The van der Waals surface area contributed by atoms with Crippen LogP contribution >= 0.6 is 0 Å². The standard InChI is InChI=1S/C22H17N5O/c23-21-18(26-24-16-7-3-1-4-8-16)13-11-15-12-14-19(22(28)20(15)21)27-25-17-9-5-2-6-10-17/h1-14,28H,23H2. The summed E-state index contributed by atoms with van der Waals surface area (Å²) in [7, 11) is 0. The number of azo groups is 2. The summed E-state index contributed by atoms with van der Waals surface area (Å²) in [5.41, 5.74) is 8.84. The van der Waals surface area contributed by atoms with E-state index < -0.39 is 0 Å². The van der Waals surface area contributed by atoms with E-state index in [1.54, 1.807) is 12.1 Å². The molecule has 0 bridgehead atoms. The first kappa shape index (κ1) is 17.4. The van der Waals surface area contributed by atoms with Crippen molar-refractivity contribution in [3.63, 3.8) is 0 Å². The topological polar surface area (TPSA) is 95.7 Å². The molecule has 0 aliphatic rings. The Balaban J connectivity index is 1.73. The Morgan fingerprint density at radius 2 is 1.07 bits per heavy atom. The maximum Gasteiger partial charge on any atom is 0.153 e. The Morgan fingerprint density at radius 3 is 1.64 bits per heavy atom. The molecule has 0 saturated carbocycles. The summed E-state index contributed by atoms with van der Waals surface area (Å²) >= 11 is 0. The highest BCUT2D eigenvalue weighted by Crippen LogP contribution is 2.42. The minimum atomic E-state index is -0.0357. The Bertz CT molecular complexity index is 1080. The fraction of sp³-hybridized carbons (Fsp3) is 0. The molecule has 0 amide bonds. The zero-order valence-corrected chi connectivity index (χ0v) is 14.9. The molecule has 136 valence electrons. The number of aromatic hydroxyl groups is 1. The summed E-state index contributed by atoms with van der Waals surface area (Å²) in [4.78, 5) is 0. The fourth-order valence-electron chi connectivity index (χ4n) is 2.78. The van der Waals surface area contributed by atoms with Crippen LogP contribution in [0, 0.1) is 0 Å². The summed E-state index contributed by atoms with van der Waals surface area (Å²) in [6, 6.07) is 25.8. The monoisotopic (exact) mass is 367 g/mol. The van der Waals surface area contributed by atoms with Gasteiger partial charge < -0.3 is 10.8 Å². The Kier molecular flexibility index (Phi) is 4.76. The molecule has 0 fully saturated rings. The lowest BCUT2D eigenvalue weighted by atomic mass is 10.1. The summed E-state index contributed by atoms with van der Waals surface area (Å²) in [5, 5.41) is 28.7. The van der Waals surface area contributed by atoms with Crippen LogP contribution in [0.4, 0.5) is 28.4 Å². The van der Waals surface area contributed by atoms with E-state index >= 15 is 0 Å². The fourth-order valence-corrected chi connectivity index (χ4v) is 2.78. The second-order valence-electron chi connectivity index (χ2n) is 6.10. The minimum absolute atomic E-state index is 0.0357. The van der Waals surface area contributed by atoms with E-state index in [1.807, 2.05) is 72.8 Å². The second kappa shape index (κ2) is 7.67. The van der Waals surface area contributed by atoms with Gasteiger partial charge in [-0.05, 0) is 41.8 Å². The van der Waals surface area contributed by atoms with Gasteiger partial charge in [0.25, 0.3) is 0 Å². The van der Waals surface area contributed by atoms with Crippen LogP contribution in [0.3, 0.4) is 0 Å². The van der Waals surface area contributed by atoms with Crippen molar-refractivity contribution in [3.05, 3.63) is 84.9 Å². The third-order valence-corrected chi connectivity index (χ3v) is 4.21. The molecule has 0 aliphatic heterocycles.